The number of pyridine rings is 1. The number of alkyl halides is 6. The van der Waals surface area contributed by atoms with Crippen LogP contribution >= 0.6 is 93.1 Å². The summed E-state index contributed by atoms with van der Waals surface area (Å²) in [4.78, 5) is 2.53. The predicted octanol–water partition coefficient (Wildman–Crippen LogP) is 26.2. The Morgan fingerprint density at radius 1 is 0.355 bits per heavy atom. The molecule has 568 valence electrons. The second kappa shape index (κ2) is 74.2. The van der Waals surface area contributed by atoms with E-state index in [1.165, 1.54) is 271 Å². The first kappa shape index (κ1) is 118. The summed E-state index contributed by atoms with van der Waals surface area (Å²) in [6.45, 7) is 28.1. The summed E-state index contributed by atoms with van der Waals surface area (Å²) >= 11 is 22.9. The fraction of sp³-hybridized carbons (Fsp3) is 0.922. The van der Waals surface area contributed by atoms with E-state index in [0.717, 1.165) is 29.6 Å². The minimum Gasteiger partial charge on any atom is -0.270 e. The zero-order valence-electron chi connectivity index (χ0n) is 57.6. The van der Waals surface area contributed by atoms with Crippen molar-refractivity contribution < 1.29 is 246 Å². The standard InChI is InChI=1S/2C13H29N2P.C8H5F6N.2C5H9Cl2P.2C5H11P.2C5H10.4Ar.4Fe/c2*1-5-14(6-2)16(15(7-3)8-4)13-11-9-10-12-13;1-4-2-5(7(9,10)11)15-6(3-4)8(12,13)14;2*6-8(7)5-3-1-2-4-5;2*6-5-3-1-2-4-5;2*1-2-4-5-3-1;;;;;;;;/h2*13H,5-12H2,1-4H3;2-3H,1H3;2*5H,1-4H2;2*5H,1-4,6H2;2*1-5H2;;;;;;;;. The van der Waals surface area contributed by atoms with Crippen molar-refractivity contribution in [1.82, 2.24) is 23.7 Å². The van der Waals surface area contributed by atoms with Gasteiger partial charge in [-0.15, -0.1) is 18.5 Å². The SMILES string of the molecule is C1CCCC1.C1CCCC1.CCN(CC)P(C1CCCC1)N(CC)CC.CCN(CC)P(C1CCCC1)N(CC)CC.Cc1cc(C(F)(F)F)nc(C(F)(F)F)c1.ClP(Cl)C1CCCC1.ClP(Cl)C1CCCC1.PC1CCCC1.PC1CCCC1.[Ar].[Ar].[Ar].[Ar].[Fe].[Fe].[Fe].[Fe]. The average Bonchev–Trinajstić information content (AvgIpc) is 1.99. The van der Waals surface area contributed by atoms with Crippen molar-refractivity contribution in [2.75, 3.05) is 52.4 Å². The van der Waals surface area contributed by atoms with Crippen molar-refractivity contribution in [2.24, 2.45) is 0 Å². The third kappa shape index (κ3) is 56.3. The second-order valence-electron chi connectivity index (χ2n) is 24.0. The van der Waals surface area contributed by atoms with Crippen LogP contribution in [0.4, 0.5) is 26.3 Å². The van der Waals surface area contributed by atoms with E-state index in [2.05, 4.69) is 97.5 Å². The van der Waals surface area contributed by atoms with Crippen LogP contribution in [0.15, 0.2) is 12.1 Å². The predicted molar refractivity (Wildman–Crippen MR) is 381 cm³/mol. The molecule has 8 aliphatic carbocycles. The normalized spacial score (nSPS) is 18.2. The summed E-state index contributed by atoms with van der Waals surface area (Å²) in [7, 11) is 5.70. The minimum atomic E-state index is -4.87. The van der Waals surface area contributed by atoms with E-state index in [-0.39, 0.29) is 241 Å². The van der Waals surface area contributed by atoms with Crippen LogP contribution in [-0.2, 0) is 80.6 Å². The van der Waals surface area contributed by atoms with Gasteiger partial charge in [-0.2, -0.15) is 26.3 Å². The van der Waals surface area contributed by atoms with Gasteiger partial charge in [0.1, 0.15) is 11.4 Å². The second-order valence-corrected chi connectivity index (χ2v) is 38.8. The van der Waals surface area contributed by atoms with Gasteiger partial charge in [0.05, 0.1) is 13.3 Å². The number of halogens is 10. The van der Waals surface area contributed by atoms with Crippen molar-refractivity contribution >= 4 is 93.1 Å². The van der Waals surface area contributed by atoms with Crippen LogP contribution in [0.25, 0.3) is 0 Å². The molecule has 8 aliphatic rings. The molecule has 9 rings (SSSR count). The van der Waals surface area contributed by atoms with Crippen LogP contribution in [0.1, 0.15) is 291 Å². The molecule has 8 fully saturated rings. The van der Waals surface area contributed by atoms with E-state index in [1.54, 1.807) is 0 Å². The van der Waals surface area contributed by atoms with Gasteiger partial charge in [-0.1, -0.05) is 242 Å². The maximum absolute atomic E-state index is 12.1. The van der Waals surface area contributed by atoms with Crippen LogP contribution in [0.5, 0.6) is 0 Å². The van der Waals surface area contributed by atoms with Crippen LogP contribution < -0.4 is 0 Å². The summed E-state index contributed by atoms with van der Waals surface area (Å²) in [6, 6.07) is 1.13. The molecule has 2 unspecified atom stereocenters. The zero-order valence-corrected chi connectivity index (χ0v) is 73.8. The molecule has 2 atom stereocenters. The molecule has 1 heterocycles. The van der Waals surface area contributed by atoms with Crippen molar-refractivity contribution in [3.05, 3.63) is 29.1 Å². The van der Waals surface area contributed by atoms with Crippen LogP contribution in [0, 0.1) is 158 Å². The van der Waals surface area contributed by atoms with Gasteiger partial charge in [0.2, 0.25) is 0 Å². The maximum atomic E-state index is 12.1. The molecule has 0 bridgehead atoms. The van der Waals surface area contributed by atoms with Gasteiger partial charge < -0.3 is 0 Å². The minimum absolute atomic E-state index is 0. The Balaban J connectivity index is -0.000000148. The van der Waals surface area contributed by atoms with E-state index in [0.29, 0.717) is 23.5 Å². The Kier molecular flexibility index (Phi) is 94.3. The van der Waals surface area contributed by atoms with Crippen molar-refractivity contribution in [3.8, 4) is 0 Å². The van der Waals surface area contributed by atoms with E-state index < -0.39 is 37.0 Å². The number of hydrogen-bond acceptors (Lipinski definition) is 5. The maximum Gasteiger partial charge on any atom is 0.433 e. The third-order valence-electron chi connectivity index (χ3n) is 17.4. The van der Waals surface area contributed by atoms with E-state index >= 15 is 0 Å². The molecule has 1 aromatic heterocycles. The van der Waals surface area contributed by atoms with Gasteiger partial charge >= 0.3 is 12.4 Å². The van der Waals surface area contributed by atoms with Crippen molar-refractivity contribution in [3.63, 3.8) is 0 Å². The van der Waals surface area contributed by atoms with Gasteiger partial charge in [-0.3, -0.25) is 18.7 Å². The monoisotopic (exact) mass is 1790 g/mol. The topological polar surface area (TPSA) is 25.9 Å². The van der Waals surface area contributed by atoms with Crippen molar-refractivity contribution in [1.29, 1.82) is 0 Å². The smallest absolute Gasteiger partial charge is 0.270 e. The molecule has 93 heavy (non-hydrogen) atoms. The molecule has 29 heteroatoms. The molecule has 0 spiro atoms. The molecule has 0 N–H and O–H groups in total. The molecule has 0 radical (unpaired) electrons. The summed E-state index contributed by atoms with van der Waals surface area (Å²) in [5.74, 6) is 0. The Morgan fingerprint density at radius 3 is 0.656 bits per heavy atom. The first-order valence-electron chi connectivity index (χ1n) is 34.0. The molecular formula is C64H123Ar4Cl4F6Fe4N5P6. The van der Waals surface area contributed by atoms with Gasteiger partial charge in [-0.05, 0) is 113 Å². The summed E-state index contributed by atoms with van der Waals surface area (Å²) < 4.78 is 83.5. The molecule has 0 saturated heterocycles. The van der Waals surface area contributed by atoms with Gasteiger partial charge in [0.15, 0.2) is 0 Å². The quantitative estimate of drug-likeness (QED) is 0.0934. The van der Waals surface area contributed by atoms with Crippen molar-refractivity contribution in [2.45, 2.75) is 327 Å². The Morgan fingerprint density at radius 2 is 0.527 bits per heavy atom. The molecular weight excluding hydrogens is 1660 g/mol. The van der Waals surface area contributed by atoms with Crippen LogP contribution in [0.2, 0.25) is 0 Å². The number of aryl methyl sites for hydroxylation is 1. The Hall–Kier alpha value is 9.43. The summed E-state index contributed by atoms with van der Waals surface area (Å²) in [5.41, 5.74) is 2.01. The first-order valence-corrected chi connectivity index (χ1v) is 44.4. The molecule has 5 nitrogen and oxygen atoms in total. The van der Waals surface area contributed by atoms with E-state index in [4.69, 9.17) is 45.0 Å². The van der Waals surface area contributed by atoms with E-state index in [1.807, 2.05) is 0 Å². The van der Waals surface area contributed by atoms with E-state index in [9.17, 15) is 26.3 Å². The third-order valence-corrected chi connectivity index (χ3v) is 31.1. The number of hydrogen-bond donors (Lipinski definition) is 0. The zero-order chi connectivity index (χ0) is 63.6. The number of aromatic nitrogens is 1. The first-order chi connectivity index (χ1) is 40.6. The molecule has 0 amide bonds. The van der Waals surface area contributed by atoms with Gasteiger partial charge in [-0.25, -0.2) is 4.98 Å². The molecule has 0 aromatic carbocycles. The number of rotatable bonds is 16. The molecule has 0 aliphatic heterocycles. The fourth-order valence-corrected chi connectivity index (χ4v) is 23.8. The average molecular weight is 1790 g/mol. The van der Waals surface area contributed by atoms with Gasteiger partial charge in [0.25, 0.3) is 0 Å². The van der Waals surface area contributed by atoms with Gasteiger partial charge in [0, 0.05) is 311 Å². The Labute approximate surface area is 758 Å². The van der Waals surface area contributed by atoms with Crippen LogP contribution in [-0.4, -0.2) is 110 Å². The van der Waals surface area contributed by atoms with Crippen LogP contribution in [0.3, 0.4) is 0 Å². The largest absolute Gasteiger partial charge is 0.433 e. The summed E-state index contributed by atoms with van der Waals surface area (Å²) in [5, 5.41) is 0. The Bertz CT molecular complexity index is 1570. The molecule has 1 aromatic rings. The fourth-order valence-electron chi connectivity index (χ4n) is 12.4. The molecule has 8 saturated carbocycles. The number of nitrogens with zero attached hydrogens (tertiary/aromatic N) is 5. The summed E-state index contributed by atoms with van der Waals surface area (Å²) in [6.07, 6.45) is 39.1.